The predicted octanol–water partition coefficient (Wildman–Crippen LogP) is 3.96. The van der Waals surface area contributed by atoms with E-state index in [0.717, 1.165) is 5.56 Å². The number of ether oxygens (including phenoxy) is 1. The van der Waals surface area contributed by atoms with Gasteiger partial charge in [0, 0.05) is 31.2 Å². The molecular formula is C25H31FN4O3. The number of hydrogen-bond donors (Lipinski definition) is 1. The topological polar surface area (TPSA) is 74.2 Å². The van der Waals surface area contributed by atoms with Crippen LogP contribution in [0.15, 0.2) is 59.7 Å². The normalized spacial score (nSPS) is 15.8. The highest BCUT2D eigenvalue weighted by molar-refractivity contribution is 6.03. The van der Waals surface area contributed by atoms with Crippen LogP contribution in [0.4, 0.5) is 9.18 Å². The molecule has 0 unspecified atom stereocenters. The average molecular weight is 455 g/mol. The lowest BCUT2D eigenvalue weighted by Crippen LogP contribution is -2.52. The van der Waals surface area contributed by atoms with E-state index in [1.807, 2.05) is 51.1 Å². The van der Waals surface area contributed by atoms with Gasteiger partial charge >= 0.3 is 6.03 Å². The van der Waals surface area contributed by atoms with Gasteiger partial charge in [0.15, 0.2) is 0 Å². The summed E-state index contributed by atoms with van der Waals surface area (Å²) in [6, 6.07) is 15.2. The third kappa shape index (κ3) is 6.38. The number of methoxy groups -OCH3 is 1. The van der Waals surface area contributed by atoms with Crippen LogP contribution < -0.4 is 5.32 Å². The van der Waals surface area contributed by atoms with Crippen molar-refractivity contribution in [2.75, 3.05) is 26.8 Å². The quantitative estimate of drug-likeness (QED) is 0.688. The van der Waals surface area contributed by atoms with Gasteiger partial charge in [-0.3, -0.25) is 4.79 Å². The summed E-state index contributed by atoms with van der Waals surface area (Å²) in [7, 11) is 1.54. The Balaban J connectivity index is 1.88. The van der Waals surface area contributed by atoms with E-state index in [0.29, 0.717) is 17.7 Å². The number of amides is 3. The Bertz CT molecular complexity index is 1000. The minimum atomic E-state index is -0.457. The molecule has 0 saturated carbocycles. The molecule has 0 saturated heterocycles. The van der Waals surface area contributed by atoms with Crippen LogP contribution >= 0.6 is 0 Å². The predicted molar refractivity (Wildman–Crippen MR) is 125 cm³/mol. The fourth-order valence-electron chi connectivity index (χ4n) is 3.62. The van der Waals surface area contributed by atoms with Crippen molar-refractivity contribution in [3.8, 4) is 0 Å². The Hall–Kier alpha value is -3.26. The highest BCUT2D eigenvalue weighted by Crippen LogP contribution is 2.33. The van der Waals surface area contributed by atoms with Gasteiger partial charge in [-0.05, 0) is 32.4 Å². The summed E-state index contributed by atoms with van der Waals surface area (Å²) in [6.07, 6.45) is 0.378. The van der Waals surface area contributed by atoms with Gasteiger partial charge in [-0.1, -0.05) is 48.5 Å². The zero-order valence-corrected chi connectivity index (χ0v) is 19.5. The van der Waals surface area contributed by atoms with Gasteiger partial charge in [0.1, 0.15) is 12.4 Å². The van der Waals surface area contributed by atoms with Crippen LogP contribution in [0.3, 0.4) is 0 Å². The van der Waals surface area contributed by atoms with Crippen molar-refractivity contribution in [2.45, 2.75) is 38.8 Å². The first-order valence-electron chi connectivity index (χ1n) is 10.9. The molecule has 1 N–H and O–H groups in total. The molecule has 0 bridgehead atoms. The number of rotatable bonds is 7. The lowest BCUT2D eigenvalue weighted by Gasteiger charge is -2.30. The van der Waals surface area contributed by atoms with Gasteiger partial charge in [0.25, 0.3) is 5.91 Å². The maximum atomic E-state index is 14.5. The highest BCUT2D eigenvalue weighted by atomic mass is 19.1. The molecule has 8 heteroatoms. The van der Waals surface area contributed by atoms with Crippen LogP contribution in [0.25, 0.3) is 0 Å². The average Bonchev–Trinajstić information content (AvgIpc) is 3.21. The molecule has 176 valence electrons. The van der Waals surface area contributed by atoms with Crippen molar-refractivity contribution in [1.82, 2.24) is 15.2 Å². The monoisotopic (exact) mass is 454 g/mol. The van der Waals surface area contributed by atoms with Crippen molar-refractivity contribution < 1.29 is 18.7 Å². The standard InChI is InChI=1S/C25H31FN4O3/c1-25(2,3)27-24(32)29(14-15-33-4)17-23(31)30-22(18-10-6-5-7-11-18)16-21(28-30)19-12-8-9-13-20(19)26/h5-13,22H,14-17H2,1-4H3,(H,27,32)/t22-/m1/s1. The molecule has 1 heterocycles. The Morgan fingerprint density at radius 1 is 1.15 bits per heavy atom. The lowest BCUT2D eigenvalue weighted by atomic mass is 9.98. The van der Waals surface area contributed by atoms with Crippen molar-refractivity contribution in [1.29, 1.82) is 0 Å². The minimum Gasteiger partial charge on any atom is -0.383 e. The molecule has 33 heavy (non-hydrogen) atoms. The molecule has 1 atom stereocenters. The number of hydrazone groups is 1. The van der Waals surface area contributed by atoms with Gasteiger partial charge in [-0.15, -0.1) is 0 Å². The molecule has 3 amide bonds. The smallest absolute Gasteiger partial charge is 0.318 e. The van der Waals surface area contributed by atoms with Crippen molar-refractivity contribution >= 4 is 17.6 Å². The van der Waals surface area contributed by atoms with Gasteiger partial charge < -0.3 is 15.0 Å². The van der Waals surface area contributed by atoms with Crippen molar-refractivity contribution in [3.05, 3.63) is 71.5 Å². The van der Waals surface area contributed by atoms with Gasteiger partial charge in [0.2, 0.25) is 0 Å². The summed E-state index contributed by atoms with van der Waals surface area (Å²) in [4.78, 5) is 27.6. The highest BCUT2D eigenvalue weighted by Gasteiger charge is 2.35. The third-order valence-corrected chi connectivity index (χ3v) is 5.20. The number of hydrogen-bond acceptors (Lipinski definition) is 4. The first kappa shape index (κ1) is 24.4. The Morgan fingerprint density at radius 3 is 2.45 bits per heavy atom. The number of carbonyl (C=O) groups excluding carboxylic acids is 2. The molecule has 0 fully saturated rings. The van der Waals surface area contributed by atoms with E-state index < -0.39 is 5.54 Å². The lowest BCUT2D eigenvalue weighted by molar-refractivity contribution is -0.133. The molecular weight excluding hydrogens is 423 g/mol. The SMILES string of the molecule is COCCN(CC(=O)N1N=C(c2ccccc2F)C[C@@H]1c1ccccc1)C(=O)NC(C)(C)C. The maximum Gasteiger partial charge on any atom is 0.318 e. The third-order valence-electron chi connectivity index (χ3n) is 5.20. The Morgan fingerprint density at radius 2 is 1.82 bits per heavy atom. The number of nitrogens with one attached hydrogen (secondary N) is 1. The van der Waals surface area contributed by atoms with Crippen LogP contribution in [-0.2, 0) is 9.53 Å². The second kappa shape index (κ2) is 10.6. The van der Waals surface area contributed by atoms with E-state index in [-0.39, 0.29) is 43.5 Å². The minimum absolute atomic E-state index is 0.178. The van der Waals surface area contributed by atoms with E-state index in [9.17, 15) is 14.0 Å². The Kier molecular flexibility index (Phi) is 7.81. The summed E-state index contributed by atoms with van der Waals surface area (Å²) >= 11 is 0. The zero-order valence-electron chi connectivity index (χ0n) is 19.5. The van der Waals surface area contributed by atoms with E-state index in [1.54, 1.807) is 25.3 Å². The van der Waals surface area contributed by atoms with Crippen LogP contribution in [-0.4, -0.2) is 59.9 Å². The van der Waals surface area contributed by atoms with Crippen molar-refractivity contribution in [3.63, 3.8) is 0 Å². The van der Waals surface area contributed by atoms with E-state index >= 15 is 0 Å². The molecule has 0 aliphatic carbocycles. The fraction of sp³-hybridized carbons (Fsp3) is 0.400. The zero-order chi connectivity index (χ0) is 24.0. The molecule has 1 aliphatic heterocycles. The molecule has 2 aromatic rings. The first-order chi connectivity index (χ1) is 15.7. The number of benzene rings is 2. The largest absolute Gasteiger partial charge is 0.383 e. The van der Waals surface area contributed by atoms with Gasteiger partial charge in [0.05, 0.1) is 18.4 Å². The van der Waals surface area contributed by atoms with Gasteiger partial charge in [-0.25, -0.2) is 14.2 Å². The summed E-state index contributed by atoms with van der Waals surface area (Å²) in [5.74, 6) is -0.737. The van der Waals surface area contributed by atoms with Crippen LogP contribution in [0, 0.1) is 5.82 Å². The molecule has 0 spiro atoms. The molecule has 3 rings (SSSR count). The van der Waals surface area contributed by atoms with Crippen LogP contribution in [0.1, 0.15) is 44.4 Å². The molecule has 7 nitrogen and oxygen atoms in total. The number of carbonyl (C=O) groups is 2. The van der Waals surface area contributed by atoms with Crippen LogP contribution in [0.5, 0.6) is 0 Å². The summed E-state index contributed by atoms with van der Waals surface area (Å²) in [5.41, 5.74) is 1.30. The second-order valence-corrected chi connectivity index (χ2v) is 8.99. The molecule has 2 aromatic carbocycles. The molecule has 0 radical (unpaired) electrons. The number of urea groups is 1. The van der Waals surface area contributed by atoms with Crippen molar-refractivity contribution in [2.24, 2.45) is 5.10 Å². The van der Waals surface area contributed by atoms with E-state index in [2.05, 4.69) is 10.4 Å². The molecule has 1 aliphatic rings. The summed E-state index contributed by atoms with van der Waals surface area (Å²) in [6.45, 7) is 5.98. The van der Waals surface area contributed by atoms with E-state index in [1.165, 1.54) is 16.0 Å². The maximum absolute atomic E-state index is 14.5. The summed E-state index contributed by atoms with van der Waals surface area (Å²) < 4.78 is 19.6. The summed E-state index contributed by atoms with van der Waals surface area (Å²) in [5, 5.41) is 8.78. The van der Waals surface area contributed by atoms with Gasteiger partial charge in [-0.2, -0.15) is 5.10 Å². The van der Waals surface area contributed by atoms with Crippen LogP contribution in [0.2, 0.25) is 0 Å². The Labute approximate surface area is 194 Å². The number of nitrogens with zero attached hydrogens (tertiary/aromatic N) is 3. The van der Waals surface area contributed by atoms with E-state index in [4.69, 9.17) is 4.74 Å². The second-order valence-electron chi connectivity index (χ2n) is 8.99. The molecule has 0 aromatic heterocycles. The fourth-order valence-corrected chi connectivity index (χ4v) is 3.62. The number of halogens is 1. The first-order valence-corrected chi connectivity index (χ1v) is 10.9.